The average Bonchev–Trinajstić information content (AvgIpc) is 2.68. The van der Waals surface area contributed by atoms with Crippen molar-refractivity contribution in [1.82, 2.24) is 9.66 Å². The molecule has 0 aliphatic rings. The Bertz CT molecular complexity index is 1290. The highest BCUT2D eigenvalue weighted by atomic mass is 79.9. The predicted molar refractivity (Wildman–Crippen MR) is 116 cm³/mol. The quantitative estimate of drug-likeness (QED) is 0.459. The van der Waals surface area contributed by atoms with Crippen LogP contribution in [0.15, 0.2) is 69.0 Å². The zero-order valence-corrected chi connectivity index (χ0v) is 17.0. The van der Waals surface area contributed by atoms with E-state index in [1.165, 1.54) is 10.9 Å². The van der Waals surface area contributed by atoms with E-state index in [2.05, 4.69) is 26.0 Å². The van der Waals surface area contributed by atoms with Crippen LogP contribution in [0.4, 0.5) is 0 Å². The number of aromatic hydroxyl groups is 1. The molecule has 0 saturated heterocycles. The van der Waals surface area contributed by atoms with Gasteiger partial charge in [0.25, 0.3) is 5.56 Å². The molecule has 0 saturated carbocycles. The molecule has 6 heteroatoms. The number of hydrogen-bond acceptors (Lipinski definition) is 4. The lowest BCUT2D eigenvalue weighted by Crippen LogP contribution is -2.23. The van der Waals surface area contributed by atoms with Gasteiger partial charge in [-0.1, -0.05) is 60.1 Å². The molecule has 4 rings (SSSR count). The molecule has 0 unspecified atom stereocenters. The third kappa shape index (κ3) is 3.20. The summed E-state index contributed by atoms with van der Waals surface area (Å²) in [5.74, 6) is 0.674. The van der Waals surface area contributed by atoms with Crippen molar-refractivity contribution in [1.29, 1.82) is 0 Å². The maximum absolute atomic E-state index is 13.1. The predicted octanol–water partition coefficient (Wildman–Crippen LogP) is 5.02. The van der Waals surface area contributed by atoms with Crippen LogP contribution in [0.5, 0.6) is 5.75 Å². The lowest BCUT2D eigenvalue weighted by molar-refractivity contribution is 0.475. The Morgan fingerprint density at radius 2 is 1.89 bits per heavy atom. The zero-order valence-electron chi connectivity index (χ0n) is 15.4. The van der Waals surface area contributed by atoms with Crippen molar-refractivity contribution in [3.05, 3.63) is 80.8 Å². The summed E-state index contributed by atoms with van der Waals surface area (Å²) in [6.45, 7) is 3.93. The molecule has 5 nitrogen and oxygen atoms in total. The second-order valence-electron chi connectivity index (χ2n) is 6.87. The standard InChI is InChI=1S/C22H18BrN3O2/c1-13(2)21-25-19-9-8-15(23)11-17(19)22(28)26(21)24-12-18-16-6-4-3-5-14(16)7-10-20(18)27/h3-13,27H,1-2H3. The first-order chi connectivity index (χ1) is 13.5. The number of hydrogen-bond donors (Lipinski definition) is 1. The minimum atomic E-state index is -0.244. The maximum atomic E-state index is 13.1. The number of aromatic nitrogens is 2. The van der Waals surface area contributed by atoms with Gasteiger partial charge in [-0.2, -0.15) is 9.78 Å². The molecule has 1 N–H and O–H groups in total. The van der Waals surface area contributed by atoms with Gasteiger partial charge >= 0.3 is 0 Å². The summed E-state index contributed by atoms with van der Waals surface area (Å²) in [4.78, 5) is 17.7. The molecule has 1 heterocycles. The molecular formula is C22H18BrN3O2. The molecule has 0 amide bonds. The van der Waals surface area contributed by atoms with Gasteiger partial charge in [-0.25, -0.2) is 4.98 Å². The molecule has 0 atom stereocenters. The molecule has 0 bridgehead atoms. The third-order valence-corrected chi connectivity index (χ3v) is 5.09. The first kappa shape index (κ1) is 18.4. The molecule has 0 fully saturated rings. The third-order valence-electron chi connectivity index (χ3n) is 4.60. The number of fused-ring (bicyclic) bond motifs is 2. The highest BCUT2D eigenvalue weighted by Gasteiger charge is 2.14. The molecule has 4 aromatic rings. The summed E-state index contributed by atoms with van der Waals surface area (Å²) in [7, 11) is 0. The lowest BCUT2D eigenvalue weighted by atomic mass is 10.0. The van der Waals surface area contributed by atoms with E-state index in [-0.39, 0.29) is 17.2 Å². The van der Waals surface area contributed by atoms with Crippen LogP contribution in [0.3, 0.4) is 0 Å². The van der Waals surface area contributed by atoms with Gasteiger partial charge in [-0.15, -0.1) is 0 Å². The van der Waals surface area contributed by atoms with Crippen LogP contribution < -0.4 is 5.56 Å². The Morgan fingerprint density at radius 3 is 2.68 bits per heavy atom. The van der Waals surface area contributed by atoms with E-state index >= 15 is 0 Å². The molecular weight excluding hydrogens is 418 g/mol. The topological polar surface area (TPSA) is 67.5 Å². The lowest BCUT2D eigenvalue weighted by Gasteiger charge is -2.12. The fraction of sp³-hybridized carbons (Fsp3) is 0.136. The van der Waals surface area contributed by atoms with Gasteiger partial charge in [0.05, 0.1) is 17.1 Å². The number of benzene rings is 3. The van der Waals surface area contributed by atoms with E-state index in [1.807, 2.05) is 56.3 Å². The number of phenolic OH excluding ortho intramolecular Hbond substituents is 1. The van der Waals surface area contributed by atoms with Crippen molar-refractivity contribution in [2.24, 2.45) is 5.10 Å². The summed E-state index contributed by atoms with van der Waals surface area (Å²) < 4.78 is 2.12. The van der Waals surface area contributed by atoms with Crippen molar-refractivity contribution in [2.45, 2.75) is 19.8 Å². The summed E-state index contributed by atoms with van der Waals surface area (Å²) in [5, 5.41) is 17.1. The van der Waals surface area contributed by atoms with Crippen LogP contribution in [0.2, 0.25) is 0 Å². The number of phenols is 1. The molecule has 0 spiro atoms. The highest BCUT2D eigenvalue weighted by molar-refractivity contribution is 9.10. The Kier molecular flexibility index (Phi) is 4.73. The average molecular weight is 436 g/mol. The van der Waals surface area contributed by atoms with Crippen LogP contribution in [0, 0.1) is 0 Å². The fourth-order valence-electron chi connectivity index (χ4n) is 3.19. The number of halogens is 1. The van der Waals surface area contributed by atoms with E-state index in [0.29, 0.717) is 22.3 Å². The van der Waals surface area contributed by atoms with Crippen LogP contribution in [-0.2, 0) is 0 Å². The van der Waals surface area contributed by atoms with E-state index < -0.39 is 0 Å². The van der Waals surface area contributed by atoms with Crippen molar-refractivity contribution in [3.8, 4) is 5.75 Å². The summed E-state index contributed by atoms with van der Waals surface area (Å²) in [6, 6.07) is 16.6. The van der Waals surface area contributed by atoms with Gasteiger partial charge in [0, 0.05) is 16.0 Å². The van der Waals surface area contributed by atoms with E-state index in [0.717, 1.165) is 15.2 Å². The maximum Gasteiger partial charge on any atom is 0.282 e. The van der Waals surface area contributed by atoms with Crippen molar-refractivity contribution in [3.63, 3.8) is 0 Å². The summed E-state index contributed by atoms with van der Waals surface area (Å²) in [6.07, 6.45) is 1.52. The smallest absolute Gasteiger partial charge is 0.282 e. The van der Waals surface area contributed by atoms with Gasteiger partial charge in [0.1, 0.15) is 11.6 Å². The summed E-state index contributed by atoms with van der Waals surface area (Å²) in [5.41, 5.74) is 0.955. The van der Waals surface area contributed by atoms with Gasteiger partial charge in [0.15, 0.2) is 0 Å². The van der Waals surface area contributed by atoms with Crippen molar-refractivity contribution >= 4 is 43.8 Å². The van der Waals surface area contributed by atoms with Crippen LogP contribution in [0.1, 0.15) is 31.2 Å². The van der Waals surface area contributed by atoms with E-state index in [4.69, 9.17) is 0 Å². The molecule has 140 valence electrons. The van der Waals surface area contributed by atoms with Crippen LogP contribution in [-0.4, -0.2) is 21.0 Å². The zero-order chi connectivity index (χ0) is 19.8. The second-order valence-corrected chi connectivity index (χ2v) is 7.78. The molecule has 3 aromatic carbocycles. The van der Waals surface area contributed by atoms with Gasteiger partial charge in [-0.05, 0) is 35.0 Å². The molecule has 0 radical (unpaired) electrons. The Morgan fingerprint density at radius 1 is 1.11 bits per heavy atom. The molecule has 28 heavy (non-hydrogen) atoms. The SMILES string of the molecule is CC(C)c1nc2ccc(Br)cc2c(=O)n1N=Cc1c(O)ccc2ccccc12. The van der Waals surface area contributed by atoms with E-state index in [9.17, 15) is 9.90 Å². The second kappa shape index (κ2) is 7.20. The minimum Gasteiger partial charge on any atom is -0.507 e. The van der Waals surface area contributed by atoms with Crippen LogP contribution in [0.25, 0.3) is 21.7 Å². The first-order valence-corrected chi connectivity index (χ1v) is 9.72. The molecule has 0 aliphatic heterocycles. The highest BCUT2D eigenvalue weighted by Crippen LogP contribution is 2.26. The van der Waals surface area contributed by atoms with Crippen LogP contribution >= 0.6 is 15.9 Å². The largest absolute Gasteiger partial charge is 0.507 e. The van der Waals surface area contributed by atoms with Gasteiger partial charge in [0.2, 0.25) is 0 Å². The van der Waals surface area contributed by atoms with Gasteiger partial charge < -0.3 is 5.11 Å². The molecule has 0 aliphatic carbocycles. The minimum absolute atomic E-state index is 0.000915. The molecule has 1 aromatic heterocycles. The Hall–Kier alpha value is -2.99. The van der Waals surface area contributed by atoms with Crippen molar-refractivity contribution in [2.75, 3.05) is 0 Å². The van der Waals surface area contributed by atoms with E-state index in [1.54, 1.807) is 12.1 Å². The Labute approximate surface area is 170 Å². The number of rotatable bonds is 3. The Balaban J connectivity index is 1.95. The first-order valence-electron chi connectivity index (χ1n) is 8.93. The van der Waals surface area contributed by atoms with Gasteiger partial charge in [-0.3, -0.25) is 4.79 Å². The normalized spacial score (nSPS) is 11.9. The summed E-state index contributed by atoms with van der Waals surface area (Å²) >= 11 is 3.40. The fourth-order valence-corrected chi connectivity index (χ4v) is 3.55. The monoisotopic (exact) mass is 435 g/mol. The number of nitrogens with zero attached hydrogens (tertiary/aromatic N) is 3. The van der Waals surface area contributed by atoms with Crippen molar-refractivity contribution < 1.29 is 5.11 Å².